The zero-order chi connectivity index (χ0) is 28.8. The first-order valence-electron chi connectivity index (χ1n) is 11.9. The molecular formula is C29H23F4N3O3S. The standard InChI is InChI=1S/C29H23F4N3O3S/c30-25-8-3-23(4-9-25)20-36(19-22-1-6-24(7-2-22)29(31,32)33)40(38,39)27-12-10-26(11-13-27)35-28(37)14-5-21-15-17-34-18-16-21/h1-18H,19-20H2,(H,35,37)/b14-5+. The number of pyridine rings is 1. The van der Waals surface area contributed by atoms with Crippen LogP contribution in [0.25, 0.3) is 6.08 Å². The second kappa shape index (κ2) is 12.2. The largest absolute Gasteiger partial charge is 0.416 e. The highest BCUT2D eigenvalue weighted by molar-refractivity contribution is 7.89. The van der Waals surface area contributed by atoms with Gasteiger partial charge in [0.1, 0.15) is 5.82 Å². The van der Waals surface area contributed by atoms with E-state index < -0.39 is 33.5 Å². The molecule has 0 aliphatic carbocycles. The molecule has 4 aromatic rings. The summed E-state index contributed by atoms with van der Waals surface area (Å²) >= 11 is 0. The van der Waals surface area contributed by atoms with Crippen molar-refractivity contribution in [1.82, 2.24) is 9.29 Å². The predicted molar refractivity (Wildman–Crippen MR) is 143 cm³/mol. The van der Waals surface area contributed by atoms with E-state index in [-0.39, 0.29) is 18.0 Å². The summed E-state index contributed by atoms with van der Waals surface area (Å²) in [4.78, 5) is 16.1. The lowest BCUT2D eigenvalue weighted by Gasteiger charge is -2.23. The molecule has 0 bridgehead atoms. The number of anilines is 1. The monoisotopic (exact) mass is 569 g/mol. The topological polar surface area (TPSA) is 79.4 Å². The number of sulfonamides is 1. The van der Waals surface area contributed by atoms with Crippen LogP contribution in [-0.4, -0.2) is 23.6 Å². The minimum atomic E-state index is -4.52. The number of nitrogens with zero attached hydrogens (tertiary/aromatic N) is 2. The molecule has 206 valence electrons. The van der Waals surface area contributed by atoms with Crippen LogP contribution < -0.4 is 5.32 Å². The smallest absolute Gasteiger partial charge is 0.323 e. The number of aromatic nitrogens is 1. The molecule has 1 aromatic heterocycles. The molecule has 0 atom stereocenters. The summed E-state index contributed by atoms with van der Waals surface area (Å²) in [6, 6.07) is 18.4. The van der Waals surface area contributed by atoms with Gasteiger partial charge in [-0.15, -0.1) is 0 Å². The van der Waals surface area contributed by atoms with Crippen molar-refractivity contribution >= 4 is 27.7 Å². The van der Waals surface area contributed by atoms with E-state index in [0.717, 1.165) is 22.0 Å². The van der Waals surface area contributed by atoms with Gasteiger partial charge >= 0.3 is 6.18 Å². The summed E-state index contributed by atoms with van der Waals surface area (Å²) in [7, 11) is -4.15. The summed E-state index contributed by atoms with van der Waals surface area (Å²) < 4.78 is 80.6. The van der Waals surface area contributed by atoms with Crippen LogP contribution in [0.15, 0.2) is 108 Å². The van der Waals surface area contributed by atoms with Gasteiger partial charge in [-0.2, -0.15) is 17.5 Å². The number of amides is 1. The molecule has 0 radical (unpaired) electrons. The van der Waals surface area contributed by atoms with Gasteiger partial charge in [0.25, 0.3) is 0 Å². The first-order valence-corrected chi connectivity index (χ1v) is 13.3. The first kappa shape index (κ1) is 28.7. The Morgan fingerprint density at radius 2 is 1.38 bits per heavy atom. The zero-order valence-corrected chi connectivity index (χ0v) is 21.7. The van der Waals surface area contributed by atoms with Crippen molar-refractivity contribution in [3.63, 3.8) is 0 Å². The Morgan fingerprint density at radius 1 is 0.825 bits per heavy atom. The number of rotatable bonds is 9. The number of hydrogen-bond donors (Lipinski definition) is 1. The maximum absolute atomic E-state index is 13.6. The van der Waals surface area contributed by atoms with Crippen molar-refractivity contribution in [2.45, 2.75) is 24.2 Å². The SMILES string of the molecule is O=C(/C=C/c1ccncc1)Nc1ccc(S(=O)(=O)N(Cc2ccc(F)cc2)Cc2ccc(C(F)(F)F)cc2)cc1. The number of alkyl halides is 3. The Balaban J connectivity index is 1.54. The van der Waals surface area contributed by atoms with E-state index in [0.29, 0.717) is 16.8 Å². The average Bonchev–Trinajstić information content (AvgIpc) is 2.93. The van der Waals surface area contributed by atoms with E-state index >= 15 is 0 Å². The molecule has 0 unspecified atom stereocenters. The molecule has 40 heavy (non-hydrogen) atoms. The summed E-state index contributed by atoms with van der Waals surface area (Å²) in [5.74, 6) is -0.915. The Morgan fingerprint density at radius 3 is 1.93 bits per heavy atom. The fourth-order valence-corrected chi connectivity index (χ4v) is 5.13. The van der Waals surface area contributed by atoms with Crippen molar-refractivity contribution in [2.24, 2.45) is 0 Å². The van der Waals surface area contributed by atoms with Gasteiger partial charge in [-0.3, -0.25) is 9.78 Å². The fourth-order valence-electron chi connectivity index (χ4n) is 3.71. The third-order valence-electron chi connectivity index (χ3n) is 5.81. The van der Waals surface area contributed by atoms with E-state index in [1.807, 2.05) is 0 Å². The first-order chi connectivity index (χ1) is 19.0. The van der Waals surface area contributed by atoms with Gasteiger partial charge in [0, 0.05) is 37.2 Å². The molecule has 0 aliphatic rings. The molecule has 0 fully saturated rings. The van der Waals surface area contributed by atoms with Crippen LogP contribution in [0, 0.1) is 5.82 Å². The van der Waals surface area contributed by atoms with Crippen LogP contribution in [0.4, 0.5) is 23.2 Å². The van der Waals surface area contributed by atoms with E-state index in [2.05, 4.69) is 10.3 Å². The third-order valence-corrected chi connectivity index (χ3v) is 7.61. The maximum Gasteiger partial charge on any atom is 0.416 e. The fraction of sp³-hybridized carbons (Fsp3) is 0.103. The number of hydrogen-bond acceptors (Lipinski definition) is 4. The molecule has 0 saturated carbocycles. The van der Waals surface area contributed by atoms with Gasteiger partial charge < -0.3 is 5.32 Å². The van der Waals surface area contributed by atoms with Crippen molar-refractivity contribution in [3.8, 4) is 0 Å². The molecule has 0 saturated heterocycles. The highest BCUT2D eigenvalue weighted by atomic mass is 32.2. The van der Waals surface area contributed by atoms with Crippen molar-refractivity contribution in [2.75, 3.05) is 5.32 Å². The summed E-state index contributed by atoms with van der Waals surface area (Å²) in [6.45, 7) is -0.377. The molecule has 0 aliphatic heterocycles. The molecule has 1 N–H and O–H groups in total. The minimum Gasteiger partial charge on any atom is -0.323 e. The van der Waals surface area contributed by atoms with Crippen LogP contribution in [0.5, 0.6) is 0 Å². The second-order valence-corrected chi connectivity index (χ2v) is 10.7. The van der Waals surface area contributed by atoms with Gasteiger partial charge in [0.15, 0.2) is 0 Å². The van der Waals surface area contributed by atoms with Gasteiger partial charge in [-0.05, 0) is 83.4 Å². The van der Waals surface area contributed by atoms with Crippen molar-refractivity contribution < 1.29 is 30.8 Å². The Labute approximate surface area is 228 Å². The lowest BCUT2D eigenvalue weighted by Crippen LogP contribution is -2.30. The van der Waals surface area contributed by atoms with Crippen molar-refractivity contribution in [1.29, 1.82) is 0 Å². The third kappa shape index (κ3) is 7.61. The highest BCUT2D eigenvalue weighted by Gasteiger charge is 2.30. The van der Waals surface area contributed by atoms with Crippen LogP contribution >= 0.6 is 0 Å². The normalized spacial score (nSPS) is 12.1. The predicted octanol–water partition coefficient (Wildman–Crippen LogP) is 6.28. The molecule has 6 nitrogen and oxygen atoms in total. The van der Waals surface area contributed by atoms with Crippen LogP contribution in [0.3, 0.4) is 0 Å². The summed E-state index contributed by atoms with van der Waals surface area (Å²) in [5.41, 5.74) is 1.11. The van der Waals surface area contributed by atoms with Gasteiger partial charge in [0.05, 0.1) is 10.5 Å². The van der Waals surface area contributed by atoms with Gasteiger partial charge in [0.2, 0.25) is 15.9 Å². The number of carbonyl (C=O) groups excluding carboxylic acids is 1. The number of nitrogens with one attached hydrogen (secondary N) is 1. The summed E-state index contributed by atoms with van der Waals surface area (Å²) in [5, 5.41) is 2.65. The maximum atomic E-state index is 13.6. The van der Waals surface area contributed by atoms with Crippen molar-refractivity contribution in [3.05, 3.63) is 131 Å². The molecule has 0 spiro atoms. The quantitative estimate of drug-likeness (QED) is 0.190. The Bertz CT molecular complexity index is 1570. The number of carbonyl (C=O) groups is 1. The van der Waals surface area contributed by atoms with Gasteiger partial charge in [-0.1, -0.05) is 24.3 Å². The molecule has 1 heterocycles. The van der Waals surface area contributed by atoms with E-state index in [4.69, 9.17) is 0 Å². The van der Waals surface area contributed by atoms with Crippen LogP contribution in [0.1, 0.15) is 22.3 Å². The number of halogens is 4. The van der Waals surface area contributed by atoms with E-state index in [1.165, 1.54) is 66.7 Å². The Kier molecular flexibility index (Phi) is 8.76. The molecule has 1 amide bonds. The minimum absolute atomic E-state index is 0.0909. The Hall–Kier alpha value is -4.35. The summed E-state index contributed by atoms with van der Waals surface area (Å²) in [6.07, 6.45) is 1.59. The average molecular weight is 570 g/mol. The highest BCUT2D eigenvalue weighted by Crippen LogP contribution is 2.30. The lowest BCUT2D eigenvalue weighted by atomic mass is 10.1. The second-order valence-electron chi connectivity index (χ2n) is 8.72. The zero-order valence-electron chi connectivity index (χ0n) is 20.8. The van der Waals surface area contributed by atoms with Gasteiger partial charge in [-0.25, -0.2) is 12.8 Å². The molecule has 3 aromatic carbocycles. The molecular weight excluding hydrogens is 546 g/mol. The molecule has 4 rings (SSSR count). The van der Waals surface area contributed by atoms with E-state index in [1.54, 1.807) is 30.6 Å². The van der Waals surface area contributed by atoms with E-state index in [9.17, 15) is 30.8 Å². The van der Waals surface area contributed by atoms with Crippen LogP contribution in [0.2, 0.25) is 0 Å². The lowest BCUT2D eigenvalue weighted by molar-refractivity contribution is -0.137. The molecule has 11 heteroatoms. The number of benzene rings is 3. The van der Waals surface area contributed by atoms with Crippen LogP contribution in [-0.2, 0) is 34.1 Å².